The van der Waals surface area contributed by atoms with Crippen molar-refractivity contribution in [1.82, 2.24) is 0 Å². The van der Waals surface area contributed by atoms with Gasteiger partial charge in [-0.25, -0.2) is 0 Å². The number of rotatable bonds is 0. The molecule has 1 aliphatic heterocycles. The first kappa shape index (κ1) is 8.10. The van der Waals surface area contributed by atoms with Gasteiger partial charge >= 0.3 is 0 Å². The molecule has 1 heterocycles. The van der Waals surface area contributed by atoms with Crippen LogP contribution in [0.3, 0.4) is 0 Å². The Hall–Kier alpha value is -1.51. The molecule has 3 nitrogen and oxygen atoms in total. The fourth-order valence-electron chi connectivity index (χ4n) is 1.63. The number of hydrogen-bond donors (Lipinski definition) is 2. The molecule has 2 N–H and O–H groups in total. The van der Waals surface area contributed by atoms with E-state index in [1.54, 1.807) is 0 Å². The molecule has 68 valence electrons. The molecule has 0 saturated heterocycles. The molecular weight excluding hydrogens is 164 g/mol. The van der Waals surface area contributed by atoms with Crippen LogP contribution < -0.4 is 10.6 Å². The highest BCUT2D eigenvalue weighted by molar-refractivity contribution is 6.01. The van der Waals surface area contributed by atoms with E-state index in [4.69, 9.17) is 0 Å². The van der Waals surface area contributed by atoms with E-state index < -0.39 is 0 Å². The summed E-state index contributed by atoms with van der Waals surface area (Å²) in [5.41, 5.74) is 4.26. The van der Waals surface area contributed by atoms with Crippen molar-refractivity contribution in [2.24, 2.45) is 0 Å². The molecule has 2 rings (SSSR count). The maximum atomic E-state index is 11.1. The molecule has 1 aromatic rings. The summed E-state index contributed by atoms with van der Waals surface area (Å²) in [6.45, 7) is 4.42. The number of hydrogen-bond acceptors (Lipinski definition) is 2. The second-order valence-corrected chi connectivity index (χ2v) is 3.41. The summed E-state index contributed by atoms with van der Waals surface area (Å²) in [6.07, 6.45) is 0. The van der Waals surface area contributed by atoms with Crippen LogP contribution in [0.5, 0.6) is 0 Å². The fraction of sp³-hybridized carbons (Fsp3) is 0.300. The molecule has 0 aromatic heterocycles. The van der Waals surface area contributed by atoms with Gasteiger partial charge in [0.25, 0.3) is 0 Å². The zero-order valence-corrected chi connectivity index (χ0v) is 7.77. The van der Waals surface area contributed by atoms with Gasteiger partial charge in [0.15, 0.2) is 0 Å². The molecule has 0 saturated carbocycles. The normalized spacial score (nSPS) is 14.5. The van der Waals surface area contributed by atoms with Crippen LogP contribution in [-0.2, 0) is 4.79 Å². The summed E-state index contributed by atoms with van der Waals surface area (Å²) < 4.78 is 0. The van der Waals surface area contributed by atoms with Gasteiger partial charge in [0.1, 0.15) is 0 Å². The van der Waals surface area contributed by atoms with E-state index in [1.165, 1.54) is 5.56 Å². The molecule has 1 aliphatic rings. The lowest BCUT2D eigenvalue weighted by molar-refractivity contribution is -0.114. The van der Waals surface area contributed by atoms with Crippen molar-refractivity contribution in [3.8, 4) is 0 Å². The maximum absolute atomic E-state index is 11.1. The first-order valence-corrected chi connectivity index (χ1v) is 4.32. The third-order valence-electron chi connectivity index (χ3n) is 2.18. The predicted molar refractivity (Wildman–Crippen MR) is 53.0 cm³/mol. The average molecular weight is 176 g/mol. The quantitative estimate of drug-likeness (QED) is 0.631. The third kappa shape index (κ3) is 1.37. The van der Waals surface area contributed by atoms with Crippen LogP contribution in [0.1, 0.15) is 11.1 Å². The summed E-state index contributed by atoms with van der Waals surface area (Å²) in [6, 6.07) is 4.11. The number of carbonyl (C=O) groups excluding carboxylic acids is 1. The first-order valence-electron chi connectivity index (χ1n) is 4.32. The third-order valence-corrected chi connectivity index (χ3v) is 2.18. The van der Waals surface area contributed by atoms with Gasteiger partial charge in [-0.3, -0.25) is 4.79 Å². The Morgan fingerprint density at radius 3 is 2.85 bits per heavy atom. The number of benzene rings is 1. The zero-order chi connectivity index (χ0) is 9.42. The van der Waals surface area contributed by atoms with E-state index >= 15 is 0 Å². The minimum atomic E-state index is 0.0273. The van der Waals surface area contributed by atoms with E-state index in [9.17, 15) is 4.79 Å². The summed E-state index contributed by atoms with van der Waals surface area (Å²) in [4.78, 5) is 11.1. The van der Waals surface area contributed by atoms with Gasteiger partial charge in [0.05, 0.1) is 17.9 Å². The van der Waals surface area contributed by atoms with Crippen molar-refractivity contribution in [1.29, 1.82) is 0 Å². The lowest BCUT2D eigenvalue weighted by Crippen LogP contribution is -2.27. The fourth-order valence-corrected chi connectivity index (χ4v) is 1.63. The van der Waals surface area contributed by atoms with Crippen LogP contribution in [0.4, 0.5) is 11.4 Å². The molecule has 0 aliphatic carbocycles. The number of aryl methyl sites for hydroxylation is 2. The van der Waals surface area contributed by atoms with Crippen LogP contribution in [0.15, 0.2) is 12.1 Å². The largest absolute Gasteiger partial charge is 0.374 e. The van der Waals surface area contributed by atoms with Gasteiger partial charge in [0, 0.05) is 0 Å². The molecule has 1 amide bonds. The molecule has 0 unspecified atom stereocenters. The highest BCUT2D eigenvalue weighted by atomic mass is 16.2. The van der Waals surface area contributed by atoms with Crippen LogP contribution >= 0.6 is 0 Å². The van der Waals surface area contributed by atoms with Crippen LogP contribution in [0.2, 0.25) is 0 Å². The minimum absolute atomic E-state index is 0.0273. The van der Waals surface area contributed by atoms with Crippen LogP contribution in [-0.4, -0.2) is 12.5 Å². The summed E-state index contributed by atoms with van der Waals surface area (Å²) in [7, 11) is 0. The highest BCUT2D eigenvalue weighted by Crippen LogP contribution is 2.29. The van der Waals surface area contributed by atoms with E-state index in [0.29, 0.717) is 6.54 Å². The van der Waals surface area contributed by atoms with E-state index in [2.05, 4.69) is 16.7 Å². The first-order chi connectivity index (χ1) is 6.16. The topological polar surface area (TPSA) is 41.1 Å². The Morgan fingerprint density at radius 1 is 1.31 bits per heavy atom. The molecule has 0 spiro atoms. The molecule has 0 fully saturated rings. The van der Waals surface area contributed by atoms with Crippen molar-refractivity contribution < 1.29 is 4.79 Å². The molecule has 0 radical (unpaired) electrons. The van der Waals surface area contributed by atoms with Crippen LogP contribution in [0.25, 0.3) is 0 Å². The summed E-state index contributed by atoms with van der Waals surface area (Å²) in [5, 5.41) is 5.94. The second-order valence-electron chi connectivity index (χ2n) is 3.41. The summed E-state index contributed by atoms with van der Waals surface area (Å²) in [5.74, 6) is 0.0273. The van der Waals surface area contributed by atoms with E-state index in [1.807, 2.05) is 19.9 Å². The molecular formula is C10H12N2O. The van der Waals surface area contributed by atoms with E-state index in [0.717, 1.165) is 16.9 Å². The van der Waals surface area contributed by atoms with Gasteiger partial charge in [-0.1, -0.05) is 6.07 Å². The van der Waals surface area contributed by atoms with Crippen LogP contribution in [0, 0.1) is 13.8 Å². The van der Waals surface area contributed by atoms with Gasteiger partial charge in [-0.05, 0) is 31.0 Å². The van der Waals surface area contributed by atoms with Gasteiger partial charge in [-0.15, -0.1) is 0 Å². The SMILES string of the molecule is Cc1cc(C)c2c(c1)NCC(=O)N2. The van der Waals surface area contributed by atoms with Crippen molar-refractivity contribution in [2.75, 3.05) is 17.2 Å². The molecule has 13 heavy (non-hydrogen) atoms. The molecule has 0 bridgehead atoms. The maximum Gasteiger partial charge on any atom is 0.243 e. The number of carbonyl (C=O) groups is 1. The van der Waals surface area contributed by atoms with Crippen molar-refractivity contribution in [2.45, 2.75) is 13.8 Å². The smallest absolute Gasteiger partial charge is 0.243 e. The number of fused-ring (bicyclic) bond motifs is 1. The number of anilines is 2. The molecule has 3 heteroatoms. The Kier molecular flexibility index (Phi) is 1.72. The molecule has 1 aromatic carbocycles. The van der Waals surface area contributed by atoms with Gasteiger partial charge < -0.3 is 10.6 Å². The van der Waals surface area contributed by atoms with Gasteiger partial charge in [-0.2, -0.15) is 0 Å². The zero-order valence-electron chi connectivity index (χ0n) is 7.77. The highest BCUT2D eigenvalue weighted by Gasteiger charge is 2.15. The van der Waals surface area contributed by atoms with Crippen molar-refractivity contribution in [3.63, 3.8) is 0 Å². The van der Waals surface area contributed by atoms with E-state index in [-0.39, 0.29) is 5.91 Å². The summed E-state index contributed by atoms with van der Waals surface area (Å²) >= 11 is 0. The minimum Gasteiger partial charge on any atom is -0.374 e. The monoisotopic (exact) mass is 176 g/mol. The second kappa shape index (κ2) is 2.76. The lowest BCUT2D eigenvalue weighted by Gasteiger charge is -2.21. The standard InChI is InChI=1S/C10H12N2O/c1-6-3-7(2)10-8(4-6)11-5-9(13)12-10/h3-4,11H,5H2,1-2H3,(H,12,13). The Labute approximate surface area is 77.1 Å². The van der Waals surface area contributed by atoms with Crippen molar-refractivity contribution in [3.05, 3.63) is 23.3 Å². The number of amides is 1. The average Bonchev–Trinajstić information content (AvgIpc) is 2.06. The number of nitrogens with one attached hydrogen (secondary N) is 2. The lowest BCUT2D eigenvalue weighted by atomic mass is 10.1. The Balaban J connectivity index is 2.53. The predicted octanol–water partition coefficient (Wildman–Crippen LogP) is 1.67. The van der Waals surface area contributed by atoms with Gasteiger partial charge in [0.2, 0.25) is 5.91 Å². The molecule has 0 atom stereocenters. The Morgan fingerprint density at radius 2 is 2.08 bits per heavy atom. The Bertz CT molecular complexity index is 371. The van der Waals surface area contributed by atoms with Crippen molar-refractivity contribution >= 4 is 17.3 Å².